The molecule has 0 amide bonds. The van der Waals surface area contributed by atoms with Crippen LogP contribution in [0.3, 0.4) is 0 Å². The minimum atomic E-state index is -4.72. The van der Waals surface area contributed by atoms with Crippen molar-refractivity contribution in [3.05, 3.63) is 45.9 Å². The molecule has 2 rings (SSSR count). The Morgan fingerprint density at radius 1 is 1.40 bits per heavy atom. The van der Waals surface area contributed by atoms with E-state index < -0.39 is 23.3 Å². The molecule has 0 atom stereocenters. The average molecular weight is 302 g/mol. The maximum Gasteiger partial charge on any atom is 0.417 e. The molecule has 0 fully saturated rings. The maximum absolute atomic E-state index is 12.8. The van der Waals surface area contributed by atoms with Crippen molar-refractivity contribution in [3.8, 4) is 0 Å². The summed E-state index contributed by atoms with van der Waals surface area (Å²) in [6, 6.07) is 3.03. The first-order valence-electron chi connectivity index (χ1n) is 5.44. The number of anilines is 1. The molecule has 0 unspecified atom stereocenters. The van der Waals surface area contributed by atoms with E-state index in [2.05, 4.69) is 10.3 Å². The van der Waals surface area contributed by atoms with E-state index in [1.54, 1.807) is 11.6 Å². The van der Waals surface area contributed by atoms with E-state index in [1.165, 1.54) is 17.4 Å². The first-order valence-corrected chi connectivity index (χ1v) is 6.32. The fourth-order valence-electron chi connectivity index (χ4n) is 1.59. The summed E-state index contributed by atoms with van der Waals surface area (Å²) in [6.45, 7) is 0.279. The van der Waals surface area contributed by atoms with Crippen molar-refractivity contribution in [1.29, 1.82) is 0 Å². The molecule has 1 aromatic heterocycles. The molecule has 106 valence electrons. The number of carboxylic acids is 1. The van der Waals surface area contributed by atoms with E-state index in [0.717, 1.165) is 17.1 Å². The van der Waals surface area contributed by atoms with Crippen LogP contribution < -0.4 is 5.32 Å². The Morgan fingerprint density at radius 2 is 2.15 bits per heavy atom. The highest BCUT2D eigenvalue weighted by Crippen LogP contribution is 2.34. The van der Waals surface area contributed by atoms with Gasteiger partial charge in [-0.15, -0.1) is 11.3 Å². The van der Waals surface area contributed by atoms with Crippen LogP contribution >= 0.6 is 11.3 Å². The summed E-state index contributed by atoms with van der Waals surface area (Å²) in [5.74, 6) is -1.61. The molecule has 0 aliphatic carbocycles. The molecule has 8 heteroatoms. The van der Waals surface area contributed by atoms with Gasteiger partial charge in [0.05, 0.1) is 17.7 Å². The number of nitrogens with one attached hydrogen (secondary N) is 1. The van der Waals surface area contributed by atoms with Crippen molar-refractivity contribution >= 4 is 23.0 Å². The lowest BCUT2D eigenvalue weighted by molar-refractivity contribution is -0.138. The topological polar surface area (TPSA) is 62.2 Å². The number of aromatic carboxylic acids is 1. The summed E-state index contributed by atoms with van der Waals surface area (Å²) in [6.07, 6.45) is -3.12. The number of nitrogens with zero attached hydrogens (tertiary/aromatic N) is 1. The summed E-state index contributed by atoms with van der Waals surface area (Å²) in [5, 5.41) is 14.0. The molecule has 0 spiro atoms. The average Bonchev–Trinajstić information content (AvgIpc) is 2.88. The van der Waals surface area contributed by atoms with E-state index in [0.29, 0.717) is 0 Å². The third-order valence-corrected chi connectivity index (χ3v) is 3.26. The van der Waals surface area contributed by atoms with Gasteiger partial charge in [-0.1, -0.05) is 0 Å². The van der Waals surface area contributed by atoms with Gasteiger partial charge in [0.1, 0.15) is 5.01 Å². The van der Waals surface area contributed by atoms with Crippen molar-refractivity contribution in [2.75, 3.05) is 5.32 Å². The molecule has 0 bridgehead atoms. The zero-order valence-electron chi connectivity index (χ0n) is 9.94. The van der Waals surface area contributed by atoms with Gasteiger partial charge in [0.15, 0.2) is 0 Å². The molecule has 20 heavy (non-hydrogen) atoms. The first kappa shape index (κ1) is 14.3. The summed E-state index contributed by atoms with van der Waals surface area (Å²) in [7, 11) is 0. The fraction of sp³-hybridized carbons (Fsp3) is 0.167. The van der Waals surface area contributed by atoms with Crippen LogP contribution in [0.4, 0.5) is 18.9 Å². The number of benzene rings is 1. The van der Waals surface area contributed by atoms with Gasteiger partial charge < -0.3 is 10.4 Å². The number of halogens is 3. The standard InChI is InChI=1S/C12H9F3N2O2S/c13-12(14,15)9-5-7(1-2-8(9)11(18)19)17-6-10-16-3-4-20-10/h1-5,17H,6H2,(H,18,19). The van der Waals surface area contributed by atoms with E-state index in [4.69, 9.17) is 5.11 Å². The minimum Gasteiger partial charge on any atom is -0.478 e. The molecule has 1 aromatic carbocycles. The first-order chi connectivity index (χ1) is 9.38. The second-order valence-electron chi connectivity index (χ2n) is 3.84. The zero-order valence-corrected chi connectivity index (χ0v) is 10.8. The fourth-order valence-corrected chi connectivity index (χ4v) is 2.15. The normalized spacial score (nSPS) is 11.3. The Kier molecular flexibility index (Phi) is 3.93. The molecular formula is C12H9F3N2O2S. The van der Waals surface area contributed by atoms with Crippen LogP contribution in [0.25, 0.3) is 0 Å². The predicted octanol–water partition coefficient (Wildman–Crippen LogP) is 3.47. The van der Waals surface area contributed by atoms with Gasteiger partial charge in [0.25, 0.3) is 0 Å². The van der Waals surface area contributed by atoms with E-state index >= 15 is 0 Å². The summed E-state index contributed by atoms with van der Waals surface area (Å²) < 4.78 is 38.4. The number of carboxylic acid groups (broad SMARTS) is 1. The van der Waals surface area contributed by atoms with Crippen LogP contribution in [0, 0.1) is 0 Å². The number of carbonyl (C=O) groups is 1. The van der Waals surface area contributed by atoms with E-state index in [1.807, 2.05) is 0 Å². The van der Waals surface area contributed by atoms with Gasteiger partial charge in [-0.3, -0.25) is 0 Å². The van der Waals surface area contributed by atoms with Crippen molar-refractivity contribution < 1.29 is 23.1 Å². The Morgan fingerprint density at radius 3 is 2.70 bits per heavy atom. The third kappa shape index (κ3) is 3.27. The third-order valence-electron chi connectivity index (χ3n) is 2.48. The lowest BCUT2D eigenvalue weighted by Crippen LogP contribution is -2.13. The number of alkyl halides is 3. The van der Waals surface area contributed by atoms with Gasteiger partial charge in [0, 0.05) is 17.3 Å². The predicted molar refractivity (Wildman–Crippen MR) is 67.8 cm³/mol. The van der Waals surface area contributed by atoms with Crippen LogP contribution in [0.15, 0.2) is 29.8 Å². The number of aromatic nitrogens is 1. The Hall–Kier alpha value is -2.09. The van der Waals surface area contributed by atoms with Crippen LogP contribution in [-0.4, -0.2) is 16.1 Å². The smallest absolute Gasteiger partial charge is 0.417 e. The Balaban J connectivity index is 2.25. The second kappa shape index (κ2) is 5.49. The van der Waals surface area contributed by atoms with Gasteiger partial charge >= 0.3 is 12.1 Å². The summed E-state index contributed by atoms with van der Waals surface area (Å²) in [4.78, 5) is 14.8. The van der Waals surface area contributed by atoms with Gasteiger partial charge in [0.2, 0.25) is 0 Å². The summed E-state index contributed by atoms with van der Waals surface area (Å²) in [5.41, 5.74) is -1.75. The molecule has 1 heterocycles. The molecular weight excluding hydrogens is 293 g/mol. The molecule has 0 aliphatic heterocycles. The van der Waals surface area contributed by atoms with Crippen LogP contribution in [0.5, 0.6) is 0 Å². The van der Waals surface area contributed by atoms with Gasteiger partial charge in [-0.05, 0) is 18.2 Å². The molecule has 0 aliphatic rings. The van der Waals surface area contributed by atoms with Crippen molar-refractivity contribution in [3.63, 3.8) is 0 Å². The van der Waals surface area contributed by atoms with Crippen molar-refractivity contribution in [1.82, 2.24) is 4.98 Å². The Labute approximate surface area is 115 Å². The van der Waals surface area contributed by atoms with Crippen molar-refractivity contribution in [2.45, 2.75) is 12.7 Å². The summed E-state index contributed by atoms with van der Waals surface area (Å²) >= 11 is 1.37. The number of thiazole rings is 1. The molecule has 2 aromatic rings. The number of rotatable bonds is 4. The Bertz CT molecular complexity index is 612. The highest BCUT2D eigenvalue weighted by atomic mass is 32.1. The SMILES string of the molecule is O=C(O)c1ccc(NCc2nccs2)cc1C(F)(F)F. The highest BCUT2D eigenvalue weighted by Gasteiger charge is 2.35. The quantitative estimate of drug-likeness (QED) is 0.907. The maximum atomic E-state index is 12.8. The van der Waals surface area contributed by atoms with Crippen LogP contribution in [0.1, 0.15) is 20.9 Å². The second-order valence-corrected chi connectivity index (χ2v) is 4.82. The largest absolute Gasteiger partial charge is 0.478 e. The highest BCUT2D eigenvalue weighted by molar-refractivity contribution is 7.09. The lowest BCUT2D eigenvalue weighted by atomic mass is 10.1. The lowest BCUT2D eigenvalue weighted by Gasteiger charge is -2.12. The van der Waals surface area contributed by atoms with E-state index in [9.17, 15) is 18.0 Å². The monoisotopic (exact) mass is 302 g/mol. The van der Waals surface area contributed by atoms with Crippen molar-refractivity contribution in [2.24, 2.45) is 0 Å². The van der Waals surface area contributed by atoms with Crippen LogP contribution in [-0.2, 0) is 12.7 Å². The van der Waals surface area contributed by atoms with Crippen LogP contribution in [0.2, 0.25) is 0 Å². The number of hydrogen-bond acceptors (Lipinski definition) is 4. The molecule has 0 saturated heterocycles. The molecule has 0 radical (unpaired) electrons. The zero-order chi connectivity index (χ0) is 14.8. The minimum absolute atomic E-state index is 0.192. The molecule has 2 N–H and O–H groups in total. The number of hydrogen-bond donors (Lipinski definition) is 2. The molecule has 4 nitrogen and oxygen atoms in total. The van der Waals surface area contributed by atoms with E-state index in [-0.39, 0.29) is 12.2 Å². The van der Waals surface area contributed by atoms with Gasteiger partial charge in [-0.25, -0.2) is 9.78 Å². The molecule has 0 saturated carbocycles. The van der Waals surface area contributed by atoms with Gasteiger partial charge in [-0.2, -0.15) is 13.2 Å².